The van der Waals surface area contributed by atoms with E-state index in [4.69, 9.17) is 21.1 Å². The monoisotopic (exact) mass is 283 g/mol. The SMILES string of the molecule is COc1cc(C)c(Cl)c(C)c1NC(=O)C1CCCO1. The minimum atomic E-state index is -0.371. The number of rotatable bonds is 3. The van der Waals surface area contributed by atoms with Crippen molar-refractivity contribution in [2.45, 2.75) is 32.8 Å². The lowest BCUT2D eigenvalue weighted by Gasteiger charge is -2.17. The normalized spacial score (nSPS) is 18.4. The maximum Gasteiger partial charge on any atom is 0.253 e. The fourth-order valence-corrected chi connectivity index (χ4v) is 2.38. The smallest absolute Gasteiger partial charge is 0.253 e. The first-order valence-electron chi connectivity index (χ1n) is 6.30. The fourth-order valence-electron chi connectivity index (χ4n) is 2.23. The van der Waals surface area contributed by atoms with Gasteiger partial charge in [-0.25, -0.2) is 0 Å². The van der Waals surface area contributed by atoms with Crippen LogP contribution in [0.2, 0.25) is 5.02 Å². The summed E-state index contributed by atoms with van der Waals surface area (Å²) in [6, 6.07) is 1.82. The van der Waals surface area contributed by atoms with E-state index in [0.717, 1.165) is 24.0 Å². The van der Waals surface area contributed by atoms with Gasteiger partial charge in [0, 0.05) is 11.6 Å². The van der Waals surface area contributed by atoms with E-state index >= 15 is 0 Å². The van der Waals surface area contributed by atoms with Gasteiger partial charge in [-0.15, -0.1) is 0 Å². The second-order valence-electron chi connectivity index (χ2n) is 4.70. The van der Waals surface area contributed by atoms with Crippen LogP contribution in [0, 0.1) is 13.8 Å². The van der Waals surface area contributed by atoms with E-state index in [2.05, 4.69) is 5.32 Å². The summed E-state index contributed by atoms with van der Waals surface area (Å²) in [4.78, 5) is 12.1. The van der Waals surface area contributed by atoms with Crippen molar-refractivity contribution in [1.82, 2.24) is 0 Å². The van der Waals surface area contributed by atoms with Crippen molar-refractivity contribution in [3.05, 3.63) is 22.2 Å². The first-order chi connectivity index (χ1) is 9.04. The largest absolute Gasteiger partial charge is 0.495 e. The van der Waals surface area contributed by atoms with Gasteiger partial charge in [0.2, 0.25) is 0 Å². The number of amides is 1. The van der Waals surface area contributed by atoms with Gasteiger partial charge in [0.05, 0.1) is 12.8 Å². The van der Waals surface area contributed by atoms with Crippen LogP contribution in [-0.2, 0) is 9.53 Å². The number of ether oxygens (including phenoxy) is 2. The van der Waals surface area contributed by atoms with Crippen molar-refractivity contribution in [3.63, 3.8) is 0 Å². The number of carbonyl (C=O) groups excluding carboxylic acids is 1. The summed E-state index contributed by atoms with van der Waals surface area (Å²) in [6.45, 7) is 4.41. The Morgan fingerprint density at radius 2 is 2.26 bits per heavy atom. The van der Waals surface area contributed by atoms with Crippen molar-refractivity contribution in [3.8, 4) is 5.75 Å². The van der Waals surface area contributed by atoms with Crippen molar-refractivity contribution in [1.29, 1.82) is 0 Å². The number of hydrogen-bond acceptors (Lipinski definition) is 3. The van der Waals surface area contributed by atoms with Crippen molar-refractivity contribution < 1.29 is 14.3 Å². The highest BCUT2D eigenvalue weighted by atomic mass is 35.5. The zero-order chi connectivity index (χ0) is 14.0. The van der Waals surface area contributed by atoms with E-state index in [1.807, 2.05) is 19.9 Å². The number of halogens is 1. The average Bonchev–Trinajstić information content (AvgIpc) is 2.93. The summed E-state index contributed by atoms with van der Waals surface area (Å²) in [5.41, 5.74) is 2.36. The zero-order valence-electron chi connectivity index (χ0n) is 11.4. The number of anilines is 1. The van der Waals surface area contributed by atoms with E-state index in [0.29, 0.717) is 23.1 Å². The van der Waals surface area contributed by atoms with E-state index in [1.54, 1.807) is 7.11 Å². The Morgan fingerprint density at radius 1 is 1.53 bits per heavy atom. The summed E-state index contributed by atoms with van der Waals surface area (Å²) in [7, 11) is 1.57. The van der Waals surface area contributed by atoms with Crippen molar-refractivity contribution in [2.75, 3.05) is 19.0 Å². The minimum Gasteiger partial charge on any atom is -0.495 e. The summed E-state index contributed by atoms with van der Waals surface area (Å²) < 4.78 is 10.7. The van der Waals surface area contributed by atoms with Gasteiger partial charge in [0.25, 0.3) is 5.91 Å². The van der Waals surface area contributed by atoms with Crippen molar-refractivity contribution >= 4 is 23.2 Å². The van der Waals surface area contributed by atoms with Crippen LogP contribution in [0.4, 0.5) is 5.69 Å². The standard InChI is InChI=1S/C14H18ClNO3/c1-8-7-11(18-3)13(9(2)12(8)15)16-14(17)10-5-4-6-19-10/h7,10H,4-6H2,1-3H3,(H,16,17). The molecule has 1 aliphatic heterocycles. The van der Waals surface area contributed by atoms with Crippen LogP contribution >= 0.6 is 11.6 Å². The van der Waals surface area contributed by atoms with E-state index < -0.39 is 0 Å². The van der Waals surface area contributed by atoms with Gasteiger partial charge in [-0.05, 0) is 43.9 Å². The zero-order valence-corrected chi connectivity index (χ0v) is 12.1. The molecular weight excluding hydrogens is 266 g/mol. The maximum atomic E-state index is 12.1. The van der Waals surface area contributed by atoms with Crippen LogP contribution in [0.1, 0.15) is 24.0 Å². The second kappa shape index (κ2) is 5.80. The Morgan fingerprint density at radius 3 is 2.84 bits per heavy atom. The number of hydrogen-bond donors (Lipinski definition) is 1. The van der Waals surface area contributed by atoms with Crippen LogP contribution in [0.3, 0.4) is 0 Å². The topological polar surface area (TPSA) is 47.6 Å². The predicted octanol–water partition coefficient (Wildman–Crippen LogP) is 3.08. The third-order valence-electron chi connectivity index (χ3n) is 3.33. The number of aryl methyl sites for hydroxylation is 1. The van der Waals surface area contributed by atoms with Gasteiger partial charge in [-0.2, -0.15) is 0 Å². The third-order valence-corrected chi connectivity index (χ3v) is 3.92. The van der Waals surface area contributed by atoms with Crippen molar-refractivity contribution in [2.24, 2.45) is 0 Å². The molecule has 4 nitrogen and oxygen atoms in total. The molecule has 0 aromatic heterocycles. The Hall–Kier alpha value is -1.26. The lowest BCUT2D eigenvalue weighted by molar-refractivity contribution is -0.124. The highest BCUT2D eigenvalue weighted by Crippen LogP contribution is 2.36. The van der Waals surface area contributed by atoms with Gasteiger partial charge in [-0.3, -0.25) is 4.79 Å². The summed E-state index contributed by atoms with van der Waals surface area (Å²) in [6.07, 6.45) is 1.31. The first kappa shape index (κ1) is 14.2. The van der Waals surface area contributed by atoms with E-state index in [-0.39, 0.29) is 12.0 Å². The molecule has 1 saturated heterocycles. The molecule has 1 N–H and O–H groups in total. The third kappa shape index (κ3) is 2.85. The molecule has 1 amide bonds. The molecule has 1 fully saturated rings. The molecule has 5 heteroatoms. The molecule has 0 spiro atoms. The minimum absolute atomic E-state index is 0.140. The van der Waals surface area contributed by atoms with Crippen LogP contribution in [0.25, 0.3) is 0 Å². The molecule has 1 aromatic carbocycles. The molecule has 0 aliphatic carbocycles. The van der Waals surface area contributed by atoms with Gasteiger partial charge >= 0.3 is 0 Å². The molecule has 1 aliphatic rings. The molecule has 0 radical (unpaired) electrons. The Balaban J connectivity index is 2.28. The molecule has 19 heavy (non-hydrogen) atoms. The molecule has 0 bridgehead atoms. The van der Waals surface area contributed by atoms with Gasteiger partial charge in [0.1, 0.15) is 11.9 Å². The molecule has 0 saturated carbocycles. The molecule has 1 heterocycles. The van der Waals surface area contributed by atoms with Crippen LogP contribution < -0.4 is 10.1 Å². The van der Waals surface area contributed by atoms with Gasteiger partial charge in [0.15, 0.2) is 0 Å². The average molecular weight is 284 g/mol. The van der Waals surface area contributed by atoms with Crippen LogP contribution in [-0.4, -0.2) is 25.7 Å². The van der Waals surface area contributed by atoms with E-state index in [1.165, 1.54) is 0 Å². The lowest BCUT2D eigenvalue weighted by atomic mass is 10.1. The highest BCUT2D eigenvalue weighted by molar-refractivity contribution is 6.32. The lowest BCUT2D eigenvalue weighted by Crippen LogP contribution is -2.27. The fraction of sp³-hybridized carbons (Fsp3) is 0.500. The predicted molar refractivity (Wildman–Crippen MR) is 75.1 cm³/mol. The molecule has 1 unspecified atom stereocenters. The highest BCUT2D eigenvalue weighted by Gasteiger charge is 2.25. The Labute approximate surface area is 118 Å². The first-order valence-corrected chi connectivity index (χ1v) is 6.68. The number of carbonyl (C=O) groups is 1. The van der Waals surface area contributed by atoms with Gasteiger partial charge in [-0.1, -0.05) is 11.6 Å². The second-order valence-corrected chi connectivity index (χ2v) is 5.08. The summed E-state index contributed by atoms with van der Waals surface area (Å²) in [5, 5.41) is 3.51. The number of methoxy groups -OCH3 is 1. The quantitative estimate of drug-likeness (QED) is 0.927. The number of benzene rings is 1. The maximum absolute atomic E-state index is 12.1. The van der Waals surface area contributed by atoms with Crippen LogP contribution in [0.5, 0.6) is 5.75 Å². The van der Waals surface area contributed by atoms with Crippen LogP contribution in [0.15, 0.2) is 6.07 Å². The molecular formula is C14H18ClNO3. The number of nitrogens with one attached hydrogen (secondary N) is 1. The van der Waals surface area contributed by atoms with E-state index in [9.17, 15) is 4.79 Å². The molecule has 104 valence electrons. The Bertz CT molecular complexity index is 496. The molecule has 2 rings (SSSR count). The molecule has 1 aromatic rings. The van der Waals surface area contributed by atoms with Gasteiger partial charge < -0.3 is 14.8 Å². The molecule has 1 atom stereocenters. The Kier molecular flexibility index (Phi) is 4.32. The summed E-state index contributed by atoms with van der Waals surface area (Å²) in [5.74, 6) is 0.476. The summed E-state index contributed by atoms with van der Waals surface area (Å²) >= 11 is 6.22.